The predicted octanol–water partition coefficient (Wildman–Crippen LogP) is 1.03. The van der Waals surface area contributed by atoms with Crippen molar-refractivity contribution in [3.05, 3.63) is 0 Å². The molecule has 0 aromatic heterocycles. The number of nitrogens with zero attached hydrogens (tertiary/aromatic N) is 1. The minimum absolute atomic E-state index is 0.186. The molecule has 2 atom stereocenters. The number of carbonyl (C=O) groups excluding carboxylic acids is 1. The van der Waals surface area contributed by atoms with Crippen molar-refractivity contribution in [1.82, 2.24) is 10.2 Å². The first-order valence-corrected chi connectivity index (χ1v) is 7.14. The van der Waals surface area contributed by atoms with Crippen LogP contribution in [0.15, 0.2) is 0 Å². The lowest BCUT2D eigenvalue weighted by Crippen LogP contribution is -2.52. The summed E-state index contributed by atoms with van der Waals surface area (Å²) in [6.07, 6.45) is 3.38. The minimum Gasteiger partial charge on any atom is -0.468 e. The molecule has 1 heterocycles. The Labute approximate surface area is 116 Å². The van der Waals surface area contributed by atoms with Gasteiger partial charge in [0.25, 0.3) is 0 Å². The number of hydrogen-bond donors (Lipinski definition) is 1. The van der Waals surface area contributed by atoms with Gasteiger partial charge in [0.05, 0.1) is 13.2 Å². The van der Waals surface area contributed by atoms with Crippen molar-refractivity contribution in [2.24, 2.45) is 0 Å². The molecule has 0 aromatic carbocycles. The van der Waals surface area contributed by atoms with Gasteiger partial charge in [0, 0.05) is 20.2 Å². The zero-order valence-electron chi connectivity index (χ0n) is 12.7. The molecule has 0 aromatic rings. The van der Waals surface area contributed by atoms with Crippen LogP contribution >= 0.6 is 0 Å². The number of carbonyl (C=O) groups is 1. The quantitative estimate of drug-likeness (QED) is 0.702. The Morgan fingerprint density at radius 1 is 1.47 bits per heavy atom. The second-order valence-corrected chi connectivity index (χ2v) is 5.40. The van der Waals surface area contributed by atoms with Crippen molar-refractivity contribution in [3.8, 4) is 0 Å². The third-order valence-electron chi connectivity index (χ3n) is 3.93. The summed E-state index contributed by atoms with van der Waals surface area (Å²) in [5.41, 5.74) is -0.594. The number of methoxy groups -OCH3 is 2. The van der Waals surface area contributed by atoms with Gasteiger partial charge in [0.1, 0.15) is 5.54 Å². The molecule has 1 N–H and O–H groups in total. The fourth-order valence-electron chi connectivity index (χ4n) is 2.67. The van der Waals surface area contributed by atoms with E-state index in [0.717, 1.165) is 45.4 Å². The van der Waals surface area contributed by atoms with E-state index in [2.05, 4.69) is 10.2 Å². The molecule has 1 fully saturated rings. The number of hydrogen-bond acceptors (Lipinski definition) is 5. The van der Waals surface area contributed by atoms with E-state index in [1.165, 1.54) is 7.11 Å². The summed E-state index contributed by atoms with van der Waals surface area (Å²) in [5, 5.41) is 3.24. The highest BCUT2D eigenvalue weighted by Gasteiger charge is 2.34. The van der Waals surface area contributed by atoms with E-state index in [4.69, 9.17) is 9.47 Å². The van der Waals surface area contributed by atoms with E-state index in [9.17, 15) is 4.79 Å². The standard InChI is InChI=1S/C14H28N2O3/c1-5-15-14(2,13(17)19-4)8-10-16-9-6-7-12(11-16)18-3/h12,15H,5-11H2,1-4H3. The fourth-order valence-corrected chi connectivity index (χ4v) is 2.67. The normalized spacial score (nSPS) is 23.9. The summed E-state index contributed by atoms with van der Waals surface area (Å²) >= 11 is 0. The van der Waals surface area contributed by atoms with Crippen molar-refractivity contribution in [2.75, 3.05) is 40.4 Å². The Hall–Kier alpha value is -0.650. The molecule has 0 spiro atoms. The van der Waals surface area contributed by atoms with E-state index in [1.54, 1.807) is 7.11 Å². The Bertz CT molecular complexity index is 286. The van der Waals surface area contributed by atoms with Gasteiger partial charge >= 0.3 is 5.97 Å². The number of rotatable bonds is 7. The molecule has 5 nitrogen and oxygen atoms in total. The van der Waals surface area contributed by atoms with Crippen LogP contribution in [0, 0.1) is 0 Å². The van der Waals surface area contributed by atoms with Gasteiger partial charge in [-0.2, -0.15) is 0 Å². The molecule has 0 radical (unpaired) electrons. The summed E-state index contributed by atoms with van der Waals surface area (Å²) in [6, 6.07) is 0. The molecule has 1 aliphatic rings. The molecule has 19 heavy (non-hydrogen) atoms. The van der Waals surface area contributed by atoms with Crippen LogP contribution in [-0.2, 0) is 14.3 Å². The van der Waals surface area contributed by atoms with Crippen LogP contribution < -0.4 is 5.32 Å². The summed E-state index contributed by atoms with van der Waals surface area (Å²) < 4.78 is 10.3. The maximum absolute atomic E-state index is 11.9. The van der Waals surface area contributed by atoms with E-state index in [0.29, 0.717) is 6.10 Å². The number of piperidine rings is 1. The molecule has 1 rings (SSSR count). The Balaban J connectivity index is 2.49. The molecule has 112 valence electrons. The average molecular weight is 272 g/mol. The summed E-state index contributed by atoms with van der Waals surface area (Å²) in [7, 11) is 3.21. The molecule has 0 amide bonds. The third-order valence-corrected chi connectivity index (χ3v) is 3.93. The molecule has 5 heteroatoms. The summed E-state index contributed by atoms with van der Waals surface area (Å²) in [5.74, 6) is -0.186. The van der Waals surface area contributed by atoms with Crippen LogP contribution in [0.3, 0.4) is 0 Å². The van der Waals surface area contributed by atoms with Crippen LogP contribution in [0.2, 0.25) is 0 Å². The van der Waals surface area contributed by atoms with Crippen LogP contribution in [0.1, 0.15) is 33.1 Å². The second kappa shape index (κ2) is 7.82. The van der Waals surface area contributed by atoms with E-state index >= 15 is 0 Å². The van der Waals surface area contributed by atoms with Crippen molar-refractivity contribution < 1.29 is 14.3 Å². The van der Waals surface area contributed by atoms with Gasteiger partial charge < -0.3 is 19.7 Å². The maximum atomic E-state index is 11.9. The minimum atomic E-state index is -0.594. The lowest BCUT2D eigenvalue weighted by atomic mass is 9.96. The largest absolute Gasteiger partial charge is 0.468 e. The highest BCUT2D eigenvalue weighted by molar-refractivity contribution is 5.80. The fraction of sp³-hybridized carbons (Fsp3) is 0.929. The monoisotopic (exact) mass is 272 g/mol. The van der Waals surface area contributed by atoms with Crippen LogP contribution in [0.25, 0.3) is 0 Å². The first-order valence-electron chi connectivity index (χ1n) is 7.14. The molecule has 0 bridgehead atoms. The average Bonchev–Trinajstić information content (AvgIpc) is 2.44. The summed E-state index contributed by atoms with van der Waals surface area (Å²) in [4.78, 5) is 14.3. The zero-order chi connectivity index (χ0) is 14.3. The maximum Gasteiger partial charge on any atom is 0.325 e. The highest BCUT2D eigenvalue weighted by atomic mass is 16.5. The second-order valence-electron chi connectivity index (χ2n) is 5.40. The Kier molecular flexibility index (Phi) is 6.75. The summed E-state index contributed by atoms with van der Waals surface area (Å²) in [6.45, 7) is 7.61. The molecule has 1 saturated heterocycles. The number of nitrogens with one attached hydrogen (secondary N) is 1. The van der Waals surface area contributed by atoms with Crippen molar-refractivity contribution in [1.29, 1.82) is 0 Å². The van der Waals surface area contributed by atoms with Gasteiger partial charge in [-0.3, -0.25) is 4.79 Å². The van der Waals surface area contributed by atoms with Gasteiger partial charge in [0.2, 0.25) is 0 Å². The Morgan fingerprint density at radius 2 is 2.21 bits per heavy atom. The topological polar surface area (TPSA) is 50.8 Å². The Morgan fingerprint density at radius 3 is 2.79 bits per heavy atom. The van der Waals surface area contributed by atoms with Crippen LogP contribution in [0.4, 0.5) is 0 Å². The highest BCUT2D eigenvalue weighted by Crippen LogP contribution is 2.17. The van der Waals surface area contributed by atoms with E-state index < -0.39 is 5.54 Å². The molecule has 0 saturated carbocycles. The smallest absolute Gasteiger partial charge is 0.325 e. The molecular weight excluding hydrogens is 244 g/mol. The van der Waals surface area contributed by atoms with E-state index in [-0.39, 0.29) is 5.97 Å². The van der Waals surface area contributed by atoms with Gasteiger partial charge in [-0.15, -0.1) is 0 Å². The van der Waals surface area contributed by atoms with Gasteiger partial charge in [0.15, 0.2) is 0 Å². The molecular formula is C14H28N2O3. The molecule has 0 aliphatic carbocycles. The first-order chi connectivity index (χ1) is 9.05. The number of ether oxygens (including phenoxy) is 2. The van der Waals surface area contributed by atoms with E-state index in [1.807, 2.05) is 13.8 Å². The SMILES string of the molecule is CCNC(C)(CCN1CCCC(OC)C1)C(=O)OC. The van der Waals surface area contributed by atoms with Crippen molar-refractivity contribution >= 4 is 5.97 Å². The lowest BCUT2D eigenvalue weighted by Gasteiger charge is -2.35. The number of esters is 1. The zero-order valence-corrected chi connectivity index (χ0v) is 12.7. The van der Waals surface area contributed by atoms with Crippen molar-refractivity contribution in [3.63, 3.8) is 0 Å². The van der Waals surface area contributed by atoms with Gasteiger partial charge in [-0.25, -0.2) is 0 Å². The van der Waals surface area contributed by atoms with Crippen molar-refractivity contribution in [2.45, 2.75) is 44.8 Å². The number of likely N-dealkylation sites (N-methyl/N-ethyl adjacent to an activating group) is 1. The third kappa shape index (κ3) is 4.75. The van der Waals surface area contributed by atoms with Gasteiger partial charge in [-0.1, -0.05) is 6.92 Å². The first kappa shape index (κ1) is 16.4. The number of likely N-dealkylation sites (tertiary alicyclic amines) is 1. The van der Waals surface area contributed by atoms with Crippen LogP contribution in [0.5, 0.6) is 0 Å². The molecule has 2 unspecified atom stereocenters. The lowest BCUT2D eigenvalue weighted by molar-refractivity contribution is -0.148. The van der Waals surface area contributed by atoms with Gasteiger partial charge in [-0.05, 0) is 39.3 Å². The predicted molar refractivity (Wildman–Crippen MR) is 75.2 cm³/mol. The molecule has 1 aliphatic heterocycles. The van der Waals surface area contributed by atoms with Crippen LogP contribution in [-0.4, -0.2) is 62.9 Å².